The summed E-state index contributed by atoms with van der Waals surface area (Å²) in [5.41, 5.74) is 0. The first-order valence-electron chi connectivity index (χ1n) is 24.8. The van der Waals surface area contributed by atoms with E-state index in [1.807, 2.05) is 0 Å². The van der Waals surface area contributed by atoms with Crippen LogP contribution in [0, 0.1) is 0 Å². The average molecular weight is 803 g/mol. The van der Waals surface area contributed by atoms with Gasteiger partial charge in [0, 0.05) is 19.3 Å². The molecule has 0 heterocycles. The summed E-state index contributed by atoms with van der Waals surface area (Å²) in [6.45, 7) is 6.53. The van der Waals surface area contributed by atoms with Crippen LogP contribution in [0.3, 0.4) is 0 Å². The maximum Gasteiger partial charge on any atom is 0.306 e. The molecule has 6 nitrogen and oxygen atoms in total. The van der Waals surface area contributed by atoms with Crippen LogP contribution in [0.5, 0.6) is 0 Å². The molecule has 0 saturated heterocycles. The van der Waals surface area contributed by atoms with Crippen molar-refractivity contribution < 1.29 is 28.6 Å². The smallest absolute Gasteiger partial charge is 0.306 e. The second-order valence-corrected chi connectivity index (χ2v) is 16.7. The number of unbranched alkanes of at least 4 members (excludes halogenated alkanes) is 30. The highest BCUT2D eigenvalue weighted by Gasteiger charge is 2.19. The van der Waals surface area contributed by atoms with Crippen LogP contribution >= 0.6 is 0 Å². The van der Waals surface area contributed by atoms with E-state index in [1.165, 1.54) is 154 Å². The zero-order chi connectivity index (χ0) is 41.5. The first-order chi connectivity index (χ1) is 28.0. The molecule has 0 aliphatic heterocycles. The van der Waals surface area contributed by atoms with Crippen molar-refractivity contribution in [2.75, 3.05) is 13.2 Å². The number of esters is 3. The number of rotatable bonds is 45. The Bertz CT molecular complexity index is 927. The number of allylic oxidation sites excluding steroid dienone is 4. The minimum absolute atomic E-state index is 0.0685. The molecule has 1 unspecified atom stereocenters. The van der Waals surface area contributed by atoms with Gasteiger partial charge in [-0.2, -0.15) is 0 Å². The first-order valence-corrected chi connectivity index (χ1v) is 24.8. The predicted octanol–water partition coefficient (Wildman–Crippen LogP) is 16.0. The summed E-state index contributed by atoms with van der Waals surface area (Å²) in [5, 5.41) is 0. The lowest BCUT2D eigenvalue weighted by Gasteiger charge is -2.18. The highest BCUT2D eigenvalue weighted by Crippen LogP contribution is 2.15. The van der Waals surface area contributed by atoms with Crippen molar-refractivity contribution >= 4 is 17.9 Å². The third-order valence-electron chi connectivity index (χ3n) is 11.0. The molecule has 0 fully saturated rings. The Morgan fingerprint density at radius 1 is 0.351 bits per heavy atom. The summed E-state index contributed by atoms with van der Waals surface area (Å²) in [7, 11) is 0. The number of hydrogen-bond acceptors (Lipinski definition) is 6. The minimum Gasteiger partial charge on any atom is -0.462 e. The molecule has 0 N–H and O–H groups in total. The molecule has 0 aliphatic rings. The van der Waals surface area contributed by atoms with Crippen molar-refractivity contribution in [3.63, 3.8) is 0 Å². The van der Waals surface area contributed by atoms with Crippen LogP contribution in [-0.4, -0.2) is 37.2 Å². The van der Waals surface area contributed by atoms with E-state index < -0.39 is 6.10 Å². The number of carbonyl (C=O) groups excluding carboxylic acids is 3. The van der Waals surface area contributed by atoms with E-state index in [0.717, 1.165) is 70.6 Å². The molecule has 0 aromatic carbocycles. The molecule has 0 saturated carbocycles. The molecule has 0 aliphatic carbocycles. The van der Waals surface area contributed by atoms with Crippen LogP contribution in [0.2, 0.25) is 0 Å². The molecular weight excluding hydrogens is 709 g/mol. The van der Waals surface area contributed by atoms with E-state index in [1.54, 1.807) is 0 Å². The molecule has 57 heavy (non-hydrogen) atoms. The van der Waals surface area contributed by atoms with Crippen molar-refractivity contribution in [2.45, 2.75) is 271 Å². The van der Waals surface area contributed by atoms with Gasteiger partial charge in [-0.05, 0) is 51.4 Å². The normalized spacial score (nSPS) is 12.1. The van der Waals surface area contributed by atoms with Gasteiger partial charge in [0.15, 0.2) is 6.10 Å². The fourth-order valence-corrected chi connectivity index (χ4v) is 7.18. The van der Waals surface area contributed by atoms with Crippen molar-refractivity contribution in [3.05, 3.63) is 24.3 Å². The average Bonchev–Trinajstić information content (AvgIpc) is 3.21. The Morgan fingerprint density at radius 3 is 0.965 bits per heavy atom. The van der Waals surface area contributed by atoms with Gasteiger partial charge in [0.25, 0.3) is 0 Å². The van der Waals surface area contributed by atoms with Gasteiger partial charge < -0.3 is 14.2 Å². The van der Waals surface area contributed by atoms with Crippen LogP contribution in [0.4, 0.5) is 0 Å². The van der Waals surface area contributed by atoms with Crippen LogP contribution < -0.4 is 0 Å². The van der Waals surface area contributed by atoms with E-state index in [2.05, 4.69) is 45.1 Å². The Kier molecular flexibility index (Phi) is 44.9. The lowest BCUT2D eigenvalue weighted by atomic mass is 10.0. The van der Waals surface area contributed by atoms with E-state index in [9.17, 15) is 14.4 Å². The van der Waals surface area contributed by atoms with Crippen molar-refractivity contribution in [1.29, 1.82) is 0 Å². The quantitative estimate of drug-likeness (QED) is 0.0264. The van der Waals surface area contributed by atoms with Crippen LogP contribution in [-0.2, 0) is 28.6 Å². The van der Waals surface area contributed by atoms with E-state index in [4.69, 9.17) is 14.2 Å². The van der Waals surface area contributed by atoms with Gasteiger partial charge in [-0.25, -0.2) is 0 Å². The topological polar surface area (TPSA) is 78.9 Å². The fourth-order valence-electron chi connectivity index (χ4n) is 7.18. The Hall–Kier alpha value is -2.11. The van der Waals surface area contributed by atoms with Crippen molar-refractivity contribution in [1.82, 2.24) is 0 Å². The van der Waals surface area contributed by atoms with E-state index >= 15 is 0 Å². The Labute approximate surface area is 353 Å². The summed E-state index contributed by atoms with van der Waals surface area (Å²) in [6.07, 6.45) is 52.2. The molecule has 0 radical (unpaired) electrons. The number of carbonyl (C=O) groups is 3. The zero-order valence-electron chi connectivity index (χ0n) is 38.1. The summed E-state index contributed by atoms with van der Waals surface area (Å²) in [4.78, 5) is 37.4. The fraction of sp³-hybridized carbons (Fsp3) is 0.863. The second-order valence-electron chi connectivity index (χ2n) is 16.7. The van der Waals surface area contributed by atoms with Crippen LogP contribution in [0.15, 0.2) is 24.3 Å². The SMILES string of the molecule is CCCCCCC/C=C\C/C=C\CCCCCCCCCCCCCCCC(=O)OCC(COC(=O)CCCCCCC)OC(=O)CCCCCCCCCCC. The van der Waals surface area contributed by atoms with E-state index in [-0.39, 0.29) is 31.1 Å². The molecule has 1 atom stereocenters. The largest absolute Gasteiger partial charge is 0.462 e. The molecule has 334 valence electrons. The Balaban J connectivity index is 3.97. The minimum atomic E-state index is -0.761. The zero-order valence-corrected chi connectivity index (χ0v) is 38.1. The summed E-state index contributed by atoms with van der Waals surface area (Å²) in [6, 6.07) is 0. The third kappa shape index (κ3) is 44.8. The van der Waals surface area contributed by atoms with Gasteiger partial charge >= 0.3 is 17.9 Å². The standard InChI is InChI=1S/C51H94O6/c1-4-7-10-13-15-17-18-19-20-21-22-23-24-25-26-27-28-29-30-31-32-34-35-38-41-44-50(53)56-47-48(46-55-49(52)43-40-37-12-9-6-3)57-51(54)45-42-39-36-33-16-14-11-8-5-2/h18-19,21-22,48H,4-17,20,23-47H2,1-3H3/b19-18-,22-21-. The summed E-state index contributed by atoms with van der Waals surface area (Å²) < 4.78 is 16.6. The van der Waals surface area contributed by atoms with Gasteiger partial charge in [0.05, 0.1) is 0 Å². The molecule has 6 heteroatoms. The van der Waals surface area contributed by atoms with Gasteiger partial charge in [0.1, 0.15) is 13.2 Å². The lowest BCUT2D eigenvalue weighted by molar-refractivity contribution is -0.167. The molecule has 0 aromatic heterocycles. The van der Waals surface area contributed by atoms with Gasteiger partial charge in [-0.1, -0.05) is 218 Å². The monoisotopic (exact) mass is 803 g/mol. The molecular formula is C51H94O6. The highest BCUT2D eigenvalue weighted by atomic mass is 16.6. The third-order valence-corrected chi connectivity index (χ3v) is 11.0. The van der Waals surface area contributed by atoms with Gasteiger partial charge in [-0.15, -0.1) is 0 Å². The van der Waals surface area contributed by atoms with Gasteiger partial charge in [0.2, 0.25) is 0 Å². The van der Waals surface area contributed by atoms with Crippen LogP contribution in [0.1, 0.15) is 265 Å². The Morgan fingerprint density at radius 2 is 0.632 bits per heavy atom. The van der Waals surface area contributed by atoms with Crippen molar-refractivity contribution in [2.24, 2.45) is 0 Å². The molecule has 0 bridgehead atoms. The highest BCUT2D eigenvalue weighted by molar-refractivity contribution is 5.71. The molecule has 0 amide bonds. The maximum absolute atomic E-state index is 12.6. The van der Waals surface area contributed by atoms with Crippen molar-refractivity contribution in [3.8, 4) is 0 Å². The maximum atomic E-state index is 12.6. The van der Waals surface area contributed by atoms with Crippen LogP contribution in [0.25, 0.3) is 0 Å². The summed E-state index contributed by atoms with van der Waals surface area (Å²) in [5.74, 6) is -0.879. The first kappa shape index (κ1) is 54.9. The lowest BCUT2D eigenvalue weighted by Crippen LogP contribution is -2.30. The van der Waals surface area contributed by atoms with Gasteiger partial charge in [-0.3, -0.25) is 14.4 Å². The number of ether oxygens (including phenoxy) is 3. The summed E-state index contributed by atoms with van der Waals surface area (Å²) >= 11 is 0. The molecule has 0 spiro atoms. The molecule has 0 aromatic rings. The van der Waals surface area contributed by atoms with E-state index in [0.29, 0.717) is 19.3 Å². The molecule has 0 rings (SSSR count). The predicted molar refractivity (Wildman–Crippen MR) is 243 cm³/mol. The second kappa shape index (κ2) is 46.6. The number of hydrogen-bond donors (Lipinski definition) is 0.